The molecule has 1 heterocycles. The Bertz CT molecular complexity index is 723. The summed E-state index contributed by atoms with van der Waals surface area (Å²) in [6.45, 7) is 4.30. The summed E-state index contributed by atoms with van der Waals surface area (Å²) in [5, 5.41) is 8.63. The van der Waals surface area contributed by atoms with Crippen LogP contribution in [0.1, 0.15) is 37.9 Å². The molecular weight excluding hydrogens is 290 g/mol. The number of nitrogens with zero attached hydrogens (tertiary/aromatic N) is 1. The lowest BCUT2D eigenvalue weighted by molar-refractivity contribution is -0.133. The van der Waals surface area contributed by atoms with Gasteiger partial charge >= 0.3 is 0 Å². The van der Waals surface area contributed by atoms with Gasteiger partial charge in [-0.15, -0.1) is 0 Å². The number of amides is 1. The van der Waals surface area contributed by atoms with Crippen molar-refractivity contribution < 1.29 is 18.3 Å². The summed E-state index contributed by atoms with van der Waals surface area (Å²) in [5.74, 6) is 4.90. The highest BCUT2D eigenvalue weighted by Gasteiger charge is 2.61. The fourth-order valence-electron chi connectivity index (χ4n) is 2.20. The van der Waals surface area contributed by atoms with Gasteiger partial charge in [-0.2, -0.15) is 0 Å². The summed E-state index contributed by atoms with van der Waals surface area (Å²) >= 11 is 0. The lowest BCUT2D eigenvalue weighted by atomic mass is 10.0. The molecule has 5 nitrogen and oxygen atoms in total. The molecule has 1 aliphatic heterocycles. The molecule has 1 N–H and O–H groups in total. The molecule has 0 aromatic heterocycles. The highest BCUT2D eigenvalue weighted by Crippen LogP contribution is 2.41. The van der Waals surface area contributed by atoms with Gasteiger partial charge in [0.05, 0.1) is 6.04 Å². The first-order valence-electron chi connectivity index (χ1n) is 6.51. The third-order valence-corrected chi connectivity index (χ3v) is 6.14. The van der Waals surface area contributed by atoms with Crippen LogP contribution in [0.4, 0.5) is 0 Å². The van der Waals surface area contributed by atoms with Crippen LogP contribution in [0, 0.1) is 11.8 Å². The van der Waals surface area contributed by atoms with Gasteiger partial charge in [-0.05, 0) is 38.5 Å². The second-order valence-corrected chi connectivity index (χ2v) is 7.74. The number of hydrogen-bond donors (Lipinski definition) is 1. The summed E-state index contributed by atoms with van der Waals surface area (Å²) in [6, 6.07) is 6.39. The smallest absolute Gasteiger partial charge is 0.259 e. The Balaban J connectivity index is 2.26. The zero-order chi connectivity index (χ0) is 15.8. The van der Waals surface area contributed by atoms with Gasteiger partial charge in [-0.25, -0.2) is 12.7 Å². The van der Waals surface area contributed by atoms with Crippen LogP contribution in [0.15, 0.2) is 24.3 Å². The fourth-order valence-corrected chi connectivity index (χ4v) is 3.86. The number of aliphatic hydroxyl groups is 1. The zero-order valence-corrected chi connectivity index (χ0v) is 12.9. The van der Waals surface area contributed by atoms with Crippen molar-refractivity contribution in [2.75, 3.05) is 6.61 Å². The van der Waals surface area contributed by atoms with E-state index in [1.807, 2.05) is 0 Å². The number of carbonyl (C=O) groups is 1. The minimum absolute atomic E-state index is 0.215. The van der Waals surface area contributed by atoms with E-state index in [-0.39, 0.29) is 12.5 Å². The van der Waals surface area contributed by atoms with Crippen molar-refractivity contribution in [2.24, 2.45) is 0 Å². The maximum Gasteiger partial charge on any atom is 0.259 e. The van der Waals surface area contributed by atoms with Crippen LogP contribution in [0.25, 0.3) is 0 Å². The van der Waals surface area contributed by atoms with Gasteiger partial charge in [0.25, 0.3) is 15.9 Å². The number of benzene rings is 1. The molecule has 0 radical (unpaired) electrons. The van der Waals surface area contributed by atoms with E-state index in [0.29, 0.717) is 0 Å². The molecule has 1 unspecified atom stereocenters. The Labute approximate surface area is 124 Å². The van der Waals surface area contributed by atoms with Crippen molar-refractivity contribution in [3.8, 4) is 11.8 Å². The zero-order valence-electron chi connectivity index (χ0n) is 12.1. The van der Waals surface area contributed by atoms with Crippen LogP contribution in [-0.4, -0.2) is 35.1 Å². The van der Waals surface area contributed by atoms with Crippen LogP contribution < -0.4 is 0 Å². The van der Waals surface area contributed by atoms with E-state index < -0.39 is 20.8 Å². The first-order valence-corrected chi connectivity index (χ1v) is 7.95. The summed E-state index contributed by atoms with van der Waals surface area (Å²) in [5.41, 5.74) is 1.44. The van der Waals surface area contributed by atoms with Gasteiger partial charge < -0.3 is 5.11 Å². The number of carbonyl (C=O) groups excluding carboxylic acids is 1. The number of sulfonamides is 1. The number of aliphatic hydroxyl groups excluding tert-OH is 1. The molecule has 1 atom stereocenters. The topological polar surface area (TPSA) is 74.7 Å². The quantitative estimate of drug-likeness (QED) is 0.829. The maximum absolute atomic E-state index is 12.2. The Morgan fingerprint density at radius 2 is 1.86 bits per heavy atom. The van der Waals surface area contributed by atoms with Crippen molar-refractivity contribution in [3.63, 3.8) is 0 Å². The first kappa shape index (κ1) is 15.5. The molecule has 21 heavy (non-hydrogen) atoms. The molecule has 1 aromatic carbocycles. The van der Waals surface area contributed by atoms with E-state index in [1.165, 1.54) is 13.8 Å². The van der Waals surface area contributed by atoms with Crippen molar-refractivity contribution >= 4 is 15.9 Å². The van der Waals surface area contributed by atoms with Crippen molar-refractivity contribution in [1.29, 1.82) is 0 Å². The van der Waals surface area contributed by atoms with Gasteiger partial charge in [0.15, 0.2) is 4.75 Å². The minimum atomic E-state index is -3.60. The van der Waals surface area contributed by atoms with Gasteiger partial charge in [-0.3, -0.25) is 4.79 Å². The predicted molar refractivity (Wildman–Crippen MR) is 78.7 cm³/mol. The Hall–Kier alpha value is -1.84. The molecule has 1 amide bonds. The van der Waals surface area contributed by atoms with Gasteiger partial charge in [0.2, 0.25) is 0 Å². The molecule has 0 aliphatic carbocycles. The summed E-state index contributed by atoms with van der Waals surface area (Å²) in [4.78, 5) is 12.0. The van der Waals surface area contributed by atoms with E-state index in [2.05, 4.69) is 11.8 Å². The summed E-state index contributed by atoms with van der Waals surface area (Å²) < 4.78 is 23.9. The second kappa shape index (κ2) is 5.17. The first-order chi connectivity index (χ1) is 9.73. The average Bonchev–Trinajstić information content (AvgIpc) is 2.45. The van der Waals surface area contributed by atoms with Crippen LogP contribution in [-0.2, 0) is 14.8 Å². The third kappa shape index (κ3) is 2.33. The van der Waals surface area contributed by atoms with E-state index in [9.17, 15) is 13.2 Å². The maximum atomic E-state index is 12.2. The molecule has 6 heteroatoms. The summed E-state index contributed by atoms with van der Waals surface area (Å²) in [6.07, 6.45) is 0. The lowest BCUT2D eigenvalue weighted by Gasteiger charge is -2.46. The van der Waals surface area contributed by atoms with E-state index in [1.54, 1.807) is 31.2 Å². The van der Waals surface area contributed by atoms with Crippen molar-refractivity contribution in [1.82, 2.24) is 4.31 Å². The third-order valence-electron chi connectivity index (χ3n) is 3.68. The number of hydrogen-bond acceptors (Lipinski definition) is 4. The molecule has 2 rings (SSSR count). The number of rotatable bonds is 2. The average molecular weight is 307 g/mol. The van der Waals surface area contributed by atoms with E-state index in [0.717, 1.165) is 15.4 Å². The fraction of sp³-hybridized carbons (Fsp3) is 0.400. The highest BCUT2D eigenvalue weighted by atomic mass is 32.2. The van der Waals surface area contributed by atoms with E-state index in [4.69, 9.17) is 5.11 Å². The van der Waals surface area contributed by atoms with Crippen LogP contribution >= 0.6 is 0 Å². The molecule has 112 valence electrons. The van der Waals surface area contributed by atoms with Crippen LogP contribution in [0.3, 0.4) is 0 Å². The van der Waals surface area contributed by atoms with E-state index >= 15 is 0 Å². The Kier molecular flexibility index (Phi) is 3.83. The molecule has 1 aromatic rings. The largest absolute Gasteiger partial charge is 0.384 e. The summed E-state index contributed by atoms with van der Waals surface area (Å²) in [7, 11) is -3.60. The molecular formula is C15H17NO4S. The molecule has 1 fully saturated rings. The normalized spacial score (nSPS) is 20.2. The minimum Gasteiger partial charge on any atom is -0.384 e. The SMILES string of the molecule is CC(c1ccc(C#CCO)cc1)N1C(=O)C(C)(C)S1(=O)=O. The van der Waals surface area contributed by atoms with Gasteiger partial charge in [0.1, 0.15) is 6.61 Å². The molecule has 0 saturated carbocycles. The highest BCUT2D eigenvalue weighted by molar-refractivity contribution is 7.94. The Morgan fingerprint density at radius 3 is 2.33 bits per heavy atom. The lowest BCUT2D eigenvalue weighted by Crippen LogP contribution is -2.67. The predicted octanol–water partition coefficient (Wildman–Crippen LogP) is 1.04. The Morgan fingerprint density at radius 1 is 1.29 bits per heavy atom. The molecule has 1 saturated heterocycles. The molecule has 0 spiro atoms. The molecule has 1 aliphatic rings. The van der Waals surface area contributed by atoms with Gasteiger partial charge in [0, 0.05) is 5.56 Å². The monoisotopic (exact) mass is 307 g/mol. The van der Waals surface area contributed by atoms with Crippen molar-refractivity contribution in [3.05, 3.63) is 35.4 Å². The van der Waals surface area contributed by atoms with Crippen molar-refractivity contribution in [2.45, 2.75) is 31.6 Å². The standard InChI is InChI=1S/C15H17NO4S/c1-11(16-14(18)15(2,3)21(16,19)20)13-8-6-12(7-9-13)5-4-10-17/h6-9,11,17H,10H2,1-3H3. The second-order valence-electron chi connectivity index (χ2n) is 5.37. The van der Waals surface area contributed by atoms with Crippen LogP contribution in [0.2, 0.25) is 0 Å². The van der Waals surface area contributed by atoms with Gasteiger partial charge in [-0.1, -0.05) is 24.0 Å². The molecule has 0 bridgehead atoms. The van der Waals surface area contributed by atoms with Crippen LogP contribution in [0.5, 0.6) is 0 Å².